The van der Waals surface area contributed by atoms with Gasteiger partial charge in [0.15, 0.2) is 17.5 Å². The number of hydrogen-bond acceptors (Lipinski definition) is 1. The molecule has 1 aromatic rings. The Kier molecular flexibility index (Phi) is 3.28. The lowest BCUT2D eigenvalue weighted by Crippen LogP contribution is -2.02. The van der Waals surface area contributed by atoms with Crippen LogP contribution in [0.1, 0.15) is 24.8 Å². The summed E-state index contributed by atoms with van der Waals surface area (Å²) in [5.74, 6) is -4.35. The molecule has 0 aliphatic carbocycles. The summed E-state index contributed by atoms with van der Waals surface area (Å²) in [7, 11) is 0. The predicted octanol–water partition coefficient (Wildman–Crippen LogP) is 2.80. The predicted molar refractivity (Wildman–Crippen MR) is 45.4 cm³/mol. The van der Waals surface area contributed by atoms with E-state index >= 15 is 0 Å². The fourth-order valence-corrected chi connectivity index (χ4v) is 1.19. The number of rotatable bonds is 3. The van der Waals surface area contributed by atoms with Crippen LogP contribution in [0.5, 0.6) is 0 Å². The first-order valence-electron chi connectivity index (χ1n) is 4.15. The molecule has 0 radical (unpaired) electrons. The van der Waals surface area contributed by atoms with Gasteiger partial charge in [-0.25, -0.2) is 13.2 Å². The molecule has 1 rings (SSSR count). The summed E-state index contributed by atoms with van der Waals surface area (Å²) >= 11 is 0. The van der Waals surface area contributed by atoms with E-state index in [9.17, 15) is 18.0 Å². The summed E-state index contributed by atoms with van der Waals surface area (Å²) < 4.78 is 38.4. The lowest BCUT2D eigenvalue weighted by Gasteiger charge is -2.09. The molecule has 0 amide bonds. The largest absolute Gasteiger partial charge is 0.303 e. The monoisotopic (exact) mass is 202 g/mol. The Labute approximate surface area is 79.5 Å². The van der Waals surface area contributed by atoms with Gasteiger partial charge < -0.3 is 4.79 Å². The van der Waals surface area contributed by atoms with Gasteiger partial charge in [0, 0.05) is 6.42 Å². The van der Waals surface area contributed by atoms with Crippen molar-refractivity contribution in [3.63, 3.8) is 0 Å². The van der Waals surface area contributed by atoms with Crippen molar-refractivity contribution < 1.29 is 18.0 Å². The van der Waals surface area contributed by atoms with Crippen LogP contribution >= 0.6 is 0 Å². The van der Waals surface area contributed by atoms with Gasteiger partial charge >= 0.3 is 0 Å². The van der Waals surface area contributed by atoms with Crippen LogP contribution < -0.4 is 0 Å². The zero-order chi connectivity index (χ0) is 10.7. The number of hydrogen-bond donors (Lipinski definition) is 0. The molecule has 0 spiro atoms. The number of carbonyl (C=O) groups excluding carboxylic acids is 1. The van der Waals surface area contributed by atoms with E-state index in [0.29, 0.717) is 6.29 Å². The quantitative estimate of drug-likeness (QED) is 0.544. The number of aldehydes is 1. The number of carbonyl (C=O) groups is 1. The van der Waals surface area contributed by atoms with Crippen LogP contribution in [0.25, 0.3) is 0 Å². The molecule has 14 heavy (non-hydrogen) atoms. The molecule has 0 N–H and O–H groups in total. The van der Waals surface area contributed by atoms with Gasteiger partial charge in [0.25, 0.3) is 0 Å². The molecule has 1 atom stereocenters. The summed E-state index contributed by atoms with van der Waals surface area (Å²) in [6.45, 7) is 1.57. The second kappa shape index (κ2) is 4.26. The maximum absolute atomic E-state index is 13.1. The molecule has 1 aromatic carbocycles. The van der Waals surface area contributed by atoms with E-state index < -0.39 is 23.4 Å². The Bertz CT molecular complexity index is 349. The SMILES string of the molecule is CC(CC=O)c1ccc(F)c(F)c1F. The second-order valence-corrected chi connectivity index (χ2v) is 3.07. The Hall–Kier alpha value is -1.32. The van der Waals surface area contributed by atoms with Gasteiger partial charge in [-0.1, -0.05) is 13.0 Å². The molecule has 0 fully saturated rings. The first-order valence-corrected chi connectivity index (χ1v) is 4.15. The Morgan fingerprint density at radius 1 is 1.29 bits per heavy atom. The third-order valence-corrected chi connectivity index (χ3v) is 2.05. The molecule has 0 aliphatic rings. The molecule has 1 unspecified atom stereocenters. The van der Waals surface area contributed by atoms with Crippen LogP contribution in [0.2, 0.25) is 0 Å². The van der Waals surface area contributed by atoms with Crippen LogP contribution in [-0.2, 0) is 4.79 Å². The lowest BCUT2D eigenvalue weighted by atomic mass is 9.98. The molecule has 0 heterocycles. The fraction of sp³-hybridized carbons (Fsp3) is 0.300. The van der Waals surface area contributed by atoms with E-state index in [4.69, 9.17) is 0 Å². The van der Waals surface area contributed by atoms with Crippen molar-refractivity contribution in [2.45, 2.75) is 19.3 Å². The van der Waals surface area contributed by atoms with Gasteiger partial charge in [0.05, 0.1) is 0 Å². The van der Waals surface area contributed by atoms with Crippen molar-refractivity contribution in [3.05, 3.63) is 35.1 Å². The third kappa shape index (κ3) is 1.95. The van der Waals surface area contributed by atoms with Crippen LogP contribution in [0.4, 0.5) is 13.2 Å². The van der Waals surface area contributed by atoms with Crippen molar-refractivity contribution >= 4 is 6.29 Å². The number of benzene rings is 1. The molecule has 1 nitrogen and oxygen atoms in total. The Morgan fingerprint density at radius 2 is 1.93 bits per heavy atom. The molecule has 0 bridgehead atoms. The van der Waals surface area contributed by atoms with Crippen molar-refractivity contribution in [3.8, 4) is 0 Å². The molecule has 0 saturated carbocycles. The van der Waals surface area contributed by atoms with E-state index in [0.717, 1.165) is 12.1 Å². The fourth-order valence-electron chi connectivity index (χ4n) is 1.19. The van der Waals surface area contributed by atoms with Crippen molar-refractivity contribution in [2.24, 2.45) is 0 Å². The first kappa shape index (κ1) is 10.8. The number of halogens is 3. The highest BCUT2D eigenvalue weighted by atomic mass is 19.2. The molecular formula is C10H9F3O. The van der Waals surface area contributed by atoms with E-state index in [1.165, 1.54) is 0 Å². The van der Waals surface area contributed by atoms with Crippen LogP contribution in [0.15, 0.2) is 12.1 Å². The first-order chi connectivity index (χ1) is 6.57. The summed E-state index contributed by atoms with van der Waals surface area (Å²) in [5.41, 5.74) is 0.0241. The van der Waals surface area contributed by atoms with Gasteiger partial charge in [-0.05, 0) is 17.5 Å². The van der Waals surface area contributed by atoms with E-state index in [-0.39, 0.29) is 12.0 Å². The van der Waals surface area contributed by atoms with Gasteiger partial charge in [-0.2, -0.15) is 0 Å². The summed E-state index contributed by atoms with van der Waals surface area (Å²) in [6, 6.07) is 2.01. The molecule has 76 valence electrons. The molecule has 0 saturated heterocycles. The zero-order valence-corrected chi connectivity index (χ0v) is 7.56. The topological polar surface area (TPSA) is 17.1 Å². The van der Waals surface area contributed by atoms with Gasteiger partial charge in [0.1, 0.15) is 6.29 Å². The normalized spacial score (nSPS) is 12.6. The molecule has 0 aliphatic heterocycles. The average molecular weight is 202 g/mol. The maximum atomic E-state index is 13.1. The van der Waals surface area contributed by atoms with E-state index in [1.54, 1.807) is 6.92 Å². The van der Waals surface area contributed by atoms with Crippen LogP contribution in [0.3, 0.4) is 0 Å². The summed E-state index contributed by atoms with van der Waals surface area (Å²) in [6.07, 6.45) is 0.702. The zero-order valence-electron chi connectivity index (χ0n) is 7.56. The standard InChI is InChI=1S/C10H9F3O/c1-6(4-5-14)7-2-3-8(11)10(13)9(7)12/h2-3,5-6H,4H2,1H3. The smallest absolute Gasteiger partial charge is 0.194 e. The average Bonchev–Trinajstić information content (AvgIpc) is 2.15. The highest BCUT2D eigenvalue weighted by molar-refractivity contribution is 5.51. The minimum absolute atomic E-state index is 0.0241. The summed E-state index contributed by atoms with van der Waals surface area (Å²) in [4.78, 5) is 10.2. The van der Waals surface area contributed by atoms with Crippen molar-refractivity contribution in [1.29, 1.82) is 0 Å². The van der Waals surface area contributed by atoms with Gasteiger partial charge in [-0.15, -0.1) is 0 Å². The van der Waals surface area contributed by atoms with Crippen LogP contribution in [0, 0.1) is 17.5 Å². The maximum Gasteiger partial charge on any atom is 0.194 e. The molecule has 0 aromatic heterocycles. The van der Waals surface area contributed by atoms with E-state index in [2.05, 4.69) is 0 Å². The highest BCUT2D eigenvalue weighted by Crippen LogP contribution is 2.24. The Balaban J connectivity index is 3.10. The van der Waals surface area contributed by atoms with Gasteiger partial charge in [-0.3, -0.25) is 0 Å². The molecular weight excluding hydrogens is 193 g/mol. The molecule has 4 heteroatoms. The highest BCUT2D eigenvalue weighted by Gasteiger charge is 2.17. The minimum Gasteiger partial charge on any atom is -0.303 e. The second-order valence-electron chi connectivity index (χ2n) is 3.07. The Morgan fingerprint density at radius 3 is 2.50 bits per heavy atom. The third-order valence-electron chi connectivity index (χ3n) is 2.05. The van der Waals surface area contributed by atoms with Gasteiger partial charge in [0.2, 0.25) is 0 Å². The summed E-state index contributed by atoms with van der Waals surface area (Å²) in [5, 5.41) is 0. The minimum atomic E-state index is -1.49. The van der Waals surface area contributed by atoms with Crippen molar-refractivity contribution in [1.82, 2.24) is 0 Å². The van der Waals surface area contributed by atoms with E-state index in [1.807, 2.05) is 0 Å². The van der Waals surface area contributed by atoms with Crippen LogP contribution in [-0.4, -0.2) is 6.29 Å². The van der Waals surface area contributed by atoms with Crippen molar-refractivity contribution in [2.75, 3.05) is 0 Å². The lowest BCUT2D eigenvalue weighted by molar-refractivity contribution is -0.108.